The lowest BCUT2D eigenvalue weighted by Crippen LogP contribution is -2.51. The molecule has 3 saturated heterocycles. The molecule has 0 radical (unpaired) electrons. The average molecular weight is 646 g/mol. The minimum absolute atomic E-state index is 0.0146. The van der Waals surface area contributed by atoms with Crippen LogP contribution in [0.25, 0.3) is 32.8 Å². The highest BCUT2D eigenvalue weighted by molar-refractivity contribution is 6.04. The molecule has 3 aromatic carbocycles. The lowest BCUT2D eigenvalue weighted by Gasteiger charge is -2.35. The predicted molar refractivity (Wildman–Crippen MR) is 172 cm³/mol. The summed E-state index contributed by atoms with van der Waals surface area (Å²) in [6, 6.07) is 9.50. The van der Waals surface area contributed by atoms with Crippen molar-refractivity contribution in [3.63, 3.8) is 0 Å². The first-order valence-electron chi connectivity index (χ1n) is 16.3. The summed E-state index contributed by atoms with van der Waals surface area (Å²) in [4.78, 5) is 13.4. The van der Waals surface area contributed by atoms with E-state index < -0.39 is 17.6 Å². The van der Waals surface area contributed by atoms with E-state index in [0.29, 0.717) is 66.7 Å². The standard InChI is InChI=1S/C36H35F4N5O2/c1-2-25-29(37)9-4-21-14-24(46)15-28(30(21)25)26-7-8-27-32(31(26)38)42-34(43-33(27)45-16-22-5-6-23(17-45)41-22)47-20-35(11-12-35)18-44-13-3-10-36(39,40)19-44/h1,4,7-9,14-15,22-23,41,46H,3,5-6,10-13,16-20H2. The van der Waals surface area contributed by atoms with Gasteiger partial charge in [0.2, 0.25) is 0 Å². The van der Waals surface area contributed by atoms with Crippen LogP contribution in [0.5, 0.6) is 11.8 Å². The third-order valence-electron chi connectivity index (χ3n) is 10.3. The van der Waals surface area contributed by atoms with Crippen LogP contribution in [0.1, 0.15) is 44.1 Å². The Morgan fingerprint density at radius 1 is 1.02 bits per heavy atom. The van der Waals surface area contributed by atoms with Crippen molar-refractivity contribution in [3.8, 4) is 35.2 Å². The number of phenols is 1. The van der Waals surface area contributed by atoms with Gasteiger partial charge in [-0.2, -0.15) is 9.97 Å². The van der Waals surface area contributed by atoms with Crippen LogP contribution in [0.15, 0.2) is 36.4 Å². The van der Waals surface area contributed by atoms with Gasteiger partial charge in [-0.05, 0) is 73.9 Å². The first kappa shape index (κ1) is 30.2. The van der Waals surface area contributed by atoms with Crippen LogP contribution in [0.4, 0.5) is 23.4 Å². The van der Waals surface area contributed by atoms with Gasteiger partial charge in [-0.25, -0.2) is 17.6 Å². The summed E-state index contributed by atoms with van der Waals surface area (Å²) in [7, 11) is 0. The number of hydrogen-bond donors (Lipinski definition) is 2. The largest absolute Gasteiger partial charge is 0.508 e. The monoisotopic (exact) mass is 645 g/mol. The highest BCUT2D eigenvalue weighted by atomic mass is 19.3. The molecule has 4 heterocycles. The number of anilines is 1. The predicted octanol–water partition coefficient (Wildman–Crippen LogP) is 6.25. The molecule has 4 aliphatic rings. The normalized spacial score (nSPS) is 23.3. The number of aromatic nitrogens is 2. The number of halogens is 4. The molecule has 2 unspecified atom stereocenters. The van der Waals surface area contributed by atoms with Crippen LogP contribution >= 0.6 is 0 Å². The Balaban J connectivity index is 1.20. The third kappa shape index (κ3) is 5.61. The van der Waals surface area contributed by atoms with E-state index in [4.69, 9.17) is 16.1 Å². The number of hydrogen-bond acceptors (Lipinski definition) is 7. The highest BCUT2D eigenvalue weighted by Crippen LogP contribution is 2.48. The molecule has 4 aromatic rings. The first-order valence-corrected chi connectivity index (χ1v) is 16.3. The quantitative estimate of drug-likeness (QED) is 0.182. The summed E-state index contributed by atoms with van der Waals surface area (Å²) in [6.07, 6.45) is 9.84. The van der Waals surface area contributed by atoms with Crippen LogP contribution in [0.3, 0.4) is 0 Å². The second kappa shape index (κ2) is 11.2. The number of phenolic OH excluding ortho intramolecular Hbond substituents is 1. The number of terminal acetylenes is 1. The minimum Gasteiger partial charge on any atom is -0.508 e. The Morgan fingerprint density at radius 2 is 1.81 bits per heavy atom. The second-order valence-electron chi connectivity index (χ2n) is 13.8. The maximum absolute atomic E-state index is 16.8. The number of ether oxygens (including phenoxy) is 1. The zero-order chi connectivity index (χ0) is 32.5. The summed E-state index contributed by atoms with van der Waals surface area (Å²) < 4.78 is 66.1. The molecule has 1 saturated carbocycles. The molecular formula is C36H35F4N5O2. The maximum atomic E-state index is 16.8. The summed E-state index contributed by atoms with van der Waals surface area (Å²) in [5.74, 6) is -1.15. The second-order valence-corrected chi connectivity index (χ2v) is 13.8. The molecule has 0 amide bonds. The molecule has 2 N–H and O–H groups in total. The van der Waals surface area contributed by atoms with Crippen LogP contribution in [-0.4, -0.2) is 77.3 Å². The van der Waals surface area contributed by atoms with Gasteiger partial charge in [-0.15, -0.1) is 6.42 Å². The number of likely N-dealkylation sites (tertiary alicyclic amines) is 1. The Labute approximate surface area is 269 Å². The van der Waals surface area contributed by atoms with Crippen molar-refractivity contribution in [2.24, 2.45) is 5.41 Å². The molecule has 47 heavy (non-hydrogen) atoms. The number of benzene rings is 3. The Kier molecular flexibility index (Phi) is 7.22. The third-order valence-corrected chi connectivity index (χ3v) is 10.3. The van der Waals surface area contributed by atoms with Crippen LogP contribution in [0.2, 0.25) is 0 Å². The fourth-order valence-electron chi connectivity index (χ4n) is 7.79. The van der Waals surface area contributed by atoms with Gasteiger partial charge in [-0.3, -0.25) is 4.90 Å². The van der Waals surface area contributed by atoms with Crippen LogP contribution in [-0.2, 0) is 0 Å². The van der Waals surface area contributed by atoms with Gasteiger partial charge in [0, 0.05) is 59.9 Å². The molecule has 4 fully saturated rings. The highest BCUT2D eigenvalue weighted by Gasteiger charge is 2.47. The van der Waals surface area contributed by atoms with Gasteiger partial charge in [-0.1, -0.05) is 18.1 Å². The molecule has 1 aromatic heterocycles. The van der Waals surface area contributed by atoms with Crippen LogP contribution < -0.4 is 15.0 Å². The number of nitrogens with one attached hydrogen (secondary N) is 1. The molecule has 244 valence electrons. The molecule has 1 aliphatic carbocycles. The van der Waals surface area contributed by atoms with Crippen molar-refractivity contribution < 1.29 is 27.4 Å². The summed E-state index contributed by atoms with van der Waals surface area (Å²) in [5, 5.41) is 15.4. The summed E-state index contributed by atoms with van der Waals surface area (Å²) in [5.41, 5.74) is 0.0634. The lowest BCUT2D eigenvalue weighted by atomic mass is 9.93. The number of piperidine rings is 1. The molecule has 7 nitrogen and oxygen atoms in total. The number of fused-ring (bicyclic) bond motifs is 4. The summed E-state index contributed by atoms with van der Waals surface area (Å²) >= 11 is 0. The number of piperazine rings is 1. The van der Waals surface area contributed by atoms with E-state index >= 15 is 4.39 Å². The topological polar surface area (TPSA) is 73.8 Å². The molecule has 2 bridgehead atoms. The van der Waals surface area contributed by atoms with Gasteiger partial charge >= 0.3 is 6.01 Å². The maximum Gasteiger partial charge on any atom is 0.319 e. The number of alkyl halides is 2. The molecule has 11 heteroatoms. The van der Waals surface area contributed by atoms with Crippen molar-refractivity contribution in [2.75, 3.05) is 44.2 Å². The summed E-state index contributed by atoms with van der Waals surface area (Å²) in [6.45, 7) is 2.50. The first-order chi connectivity index (χ1) is 22.6. The Morgan fingerprint density at radius 3 is 2.53 bits per heavy atom. The molecule has 2 atom stereocenters. The van der Waals surface area contributed by atoms with Gasteiger partial charge in [0.1, 0.15) is 22.9 Å². The zero-order valence-electron chi connectivity index (χ0n) is 25.8. The molecule has 0 spiro atoms. The van der Waals surface area contributed by atoms with Crippen molar-refractivity contribution in [1.82, 2.24) is 20.2 Å². The van der Waals surface area contributed by atoms with E-state index in [2.05, 4.69) is 21.1 Å². The fraction of sp³-hybridized carbons (Fsp3) is 0.444. The van der Waals surface area contributed by atoms with E-state index in [0.717, 1.165) is 25.7 Å². The Bertz CT molecular complexity index is 1930. The van der Waals surface area contributed by atoms with E-state index in [1.807, 2.05) is 4.90 Å². The number of nitrogens with zero attached hydrogens (tertiary/aromatic N) is 4. The molecule has 8 rings (SSSR count). The van der Waals surface area contributed by atoms with E-state index in [1.54, 1.807) is 12.1 Å². The van der Waals surface area contributed by atoms with Crippen molar-refractivity contribution >= 4 is 27.5 Å². The van der Waals surface area contributed by atoms with Gasteiger partial charge in [0.15, 0.2) is 5.82 Å². The van der Waals surface area contributed by atoms with E-state index in [9.17, 15) is 18.3 Å². The number of aromatic hydroxyl groups is 1. The fourth-order valence-corrected chi connectivity index (χ4v) is 7.79. The van der Waals surface area contributed by atoms with Crippen molar-refractivity contribution in [3.05, 3.63) is 53.6 Å². The van der Waals surface area contributed by atoms with E-state index in [-0.39, 0.29) is 59.0 Å². The van der Waals surface area contributed by atoms with Crippen LogP contribution in [0, 0.1) is 29.4 Å². The zero-order valence-corrected chi connectivity index (χ0v) is 25.8. The van der Waals surface area contributed by atoms with Gasteiger partial charge < -0.3 is 20.1 Å². The lowest BCUT2D eigenvalue weighted by molar-refractivity contribution is -0.0694. The van der Waals surface area contributed by atoms with Crippen molar-refractivity contribution in [2.45, 2.75) is 56.5 Å². The average Bonchev–Trinajstić information content (AvgIpc) is 3.72. The van der Waals surface area contributed by atoms with Crippen molar-refractivity contribution in [1.29, 1.82) is 0 Å². The van der Waals surface area contributed by atoms with E-state index in [1.165, 1.54) is 24.3 Å². The molecular weight excluding hydrogens is 610 g/mol. The SMILES string of the molecule is C#Cc1c(F)ccc2cc(O)cc(-c3ccc4c(N5CC6CCC(C5)N6)nc(OCC5(CN6CCCC(F)(F)C6)CC5)nc4c3F)c12. The van der Waals surface area contributed by atoms with Gasteiger partial charge in [0.25, 0.3) is 5.92 Å². The molecule has 3 aliphatic heterocycles. The Hall–Kier alpha value is -4.14. The van der Waals surface area contributed by atoms with Gasteiger partial charge in [0.05, 0.1) is 18.7 Å². The number of rotatable bonds is 7. The minimum atomic E-state index is -2.68. The smallest absolute Gasteiger partial charge is 0.319 e.